The lowest BCUT2D eigenvalue weighted by Crippen LogP contribution is -2.41. The van der Waals surface area contributed by atoms with E-state index in [-0.39, 0.29) is 6.61 Å². The number of fused-ring (bicyclic) bond motifs is 1. The number of esters is 1. The number of carbonyl (C=O) groups excluding carboxylic acids is 3. The summed E-state index contributed by atoms with van der Waals surface area (Å²) >= 11 is 0. The molecule has 3 amide bonds. The minimum Gasteiger partial charge on any atom is -0.457 e. The molecule has 1 unspecified atom stereocenters. The van der Waals surface area contributed by atoms with E-state index in [9.17, 15) is 18.8 Å². The van der Waals surface area contributed by atoms with Crippen LogP contribution >= 0.6 is 0 Å². The largest absolute Gasteiger partial charge is 0.457 e. The van der Waals surface area contributed by atoms with E-state index in [4.69, 9.17) is 9.15 Å². The minimum atomic E-state index is -1.39. The third kappa shape index (κ3) is 3.44. The molecule has 0 aliphatic carbocycles. The molecule has 8 heteroatoms. The molecule has 7 nitrogen and oxygen atoms in total. The van der Waals surface area contributed by atoms with Crippen LogP contribution in [-0.2, 0) is 26.5 Å². The standard InChI is InChI=1S/C21H17FN2O5/c1-21(14-6-8-15(22)9-7-14)19(26)24(20(27)23-21)11-18(25)28-12-16-10-13-4-2-3-5-17(13)29-16/h2-10H,11-12H2,1H3,(H,23,27). The number of ether oxygens (including phenoxy) is 1. The zero-order valence-corrected chi connectivity index (χ0v) is 15.5. The van der Waals surface area contributed by atoms with Gasteiger partial charge in [0.25, 0.3) is 5.91 Å². The number of benzene rings is 2. The van der Waals surface area contributed by atoms with Gasteiger partial charge in [0.05, 0.1) is 0 Å². The van der Waals surface area contributed by atoms with E-state index < -0.39 is 35.8 Å². The highest BCUT2D eigenvalue weighted by Gasteiger charge is 2.49. The van der Waals surface area contributed by atoms with E-state index in [1.54, 1.807) is 12.1 Å². The van der Waals surface area contributed by atoms with Gasteiger partial charge in [-0.05, 0) is 36.8 Å². The summed E-state index contributed by atoms with van der Waals surface area (Å²) < 4.78 is 23.9. The summed E-state index contributed by atoms with van der Waals surface area (Å²) in [6.07, 6.45) is 0. The molecular weight excluding hydrogens is 379 g/mol. The zero-order valence-electron chi connectivity index (χ0n) is 15.5. The summed E-state index contributed by atoms with van der Waals surface area (Å²) in [6, 6.07) is 13.6. The Morgan fingerprint density at radius 1 is 1.17 bits per heavy atom. The fourth-order valence-corrected chi connectivity index (χ4v) is 3.25. The Morgan fingerprint density at radius 2 is 1.90 bits per heavy atom. The van der Waals surface area contributed by atoms with Gasteiger partial charge < -0.3 is 14.5 Å². The van der Waals surface area contributed by atoms with E-state index in [1.807, 2.05) is 18.2 Å². The smallest absolute Gasteiger partial charge is 0.326 e. The summed E-state index contributed by atoms with van der Waals surface area (Å²) in [5.74, 6) is -1.37. The van der Waals surface area contributed by atoms with Gasteiger partial charge in [-0.3, -0.25) is 14.5 Å². The number of amides is 3. The molecule has 4 rings (SSSR count). The van der Waals surface area contributed by atoms with Gasteiger partial charge in [-0.2, -0.15) is 0 Å². The minimum absolute atomic E-state index is 0.119. The van der Waals surface area contributed by atoms with E-state index in [1.165, 1.54) is 31.2 Å². The molecule has 2 aromatic carbocycles. The van der Waals surface area contributed by atoms with Gasteiger partial charge in [-0.15, -0.1) is 0 Å². The monoisotopic (exact) mass is 396 g/mol. The Morgan fingerprint density at radius 3 is 2.62 bits per heavy atom. The zero-order chi connectivity index (χ0) is 20.6. The molecule has 1 atom stereocenters. The number of rotatable bonds is 5. The Hall–Kier alpha value is -3.68. The summed E-state index contributed by atoms with van der Waals surface area (Å²) in [4.78, 5) is 38.0. The first kappa shape index (κ1) is 18.7. The molecular formula is C21H17FN2O5. The van der Waals surface area contributed by atoms with Crippen molar-refractivity contribution in [3.63, 3.8) is 0 Å². The second-order valence-corrected chi connectivity index (χ2v) is 6.86. The van der Waals surface area contributed by atoms with Crippen LogP contribution in [0.1, 0.15) is 18.2 Å². The van der Waals surface area contributed by atoms with Crippen LogP contribution in [0.5, 0.6) is 0 Å². The van der Waals surface area contributed by atoms with E-state index >= 15 is 0 Å². The van der Waals surface area contributed by atoms with Gasteiger partial charge in [0, 0.05) is 5.39 Å². The van der Waals surface area contributed by atoms with Crippen LogP contribution in [0.25, 0.3) is 11.0 Å². The first-order valence-electron chi connectivity index (χ1n) is 8.90. The third-order valence-electron chi connectivity index (χ3n) is 4.84. The highest BCUT2D eigenvalue weighted by Crippen LogP contribution is 2.29. The van der Waals surface area contributed by atoms with Crippen molar-refractivity contribution in [2.45, 2.75) is 19.1 Å². The van der Waals surface area contributed by atoms with Crippen LogP contribution in [0.3, 0.4) is 0 Å². The maximum absolute atomic E-state index is 13.2. The number of nitrogens with zero attached hydrogens (tertiary/aromatic N) is 1. The van der Waals surface area contributed by atoms with Crippen molar-refractivity contribution in [2.75, 3.05) is 6.54 Å². The van der Waals surface area contributed by atoms with Crippen molar-refractivity contribution >= 4 is 28.9 Å². The molecule has 0 radical (unpaired) electrons. The van der Waals surface area contributed by atoms with Crippen molar-refractivity contribution < 1.29 is 27.9 Å². The van der Waals surface area contributed by atoms with Gasteiger partial charge in [0.15, 0.2) is 0 Å². The number of furan rings is 1. The Bertz CT molecular complexity index is 1070. The second-order valence-electron chi connectivity index (χ2n) is 6.86. The molecule has 0 saturated carbocycles. The number of nitrogens with one attached hydrogen (secondary N) is 1. The summed E-state index contributed by atoms with van der Waals surface area (Å²) in [5.41, 5.74) is -0.304. The lowest BCUT2D eigenvalue weighted by atomic mass is 9.92. The normalized spacial score (nSPS) is 18.9. The number of halogens is 1. The number of imide groups is 1. The molecule has 0 bridgehead atoms. The molecule has 2 heterocycles. The van der Waals surface area contributed by atoms with Crippen molar-refractivity contribution in [1.82, 2.24) is 10.2 Å². The lowest BCUT2D eigenvalue weighted by molar-refractivity contribution is -0.149. The topological polar surface area (TPSA) is 88.8 Å². The molecule has 1 aliphatic rings. The Labute approximate surface area is 165 Å². The van der Waals surface area contributed by atoms with Crippen LogP contribution in [0.15, 0.2) is 59.0 Å². The molecule has 29 heavy (non-hydrogen) atoms. The van der Waals surface area contributed by atoms with Gasteiger partial charge >= 0.3 is 12.0 Å². The average Bonchev–Trinajstić information content (AvgIpc) is 3.21. The molecule has 1 fully saturated rings. The van der Waals surface area contributed by atoms with Crippen LogP contribution in [-0.4, -0.2) is 29.4 Å². The summed E-state index contributed by atoms with van der Waals surface area (Å²) in [7, 11) is 0. The SMILES string of the molecule is CC1(c2ccc(F)cc2)NC(=O)N(CC(=O)OCc2cc3ccccc3o2)C1=O. The van der Waals surface area contributed by atoms with E-state index in [2.05, 4.69) is 5.32 Å². The van der Waals surface area contributed by atoms with Crippen molar-refractivity contribution in [1.29, 1.82) is 0 Å². The highest BCUT2D eigenvalue weighted by molar-refractivity contribution is 6.08. The number of hydrogen-bond donors (Lipinski definition) is 1. The van der Waals surface area contributed by atoms with Crippen LogP contribution < -0.4 is 5.32 Å². The predicted molar refractivity (Wildman–Crippen MR) is 100 cm³/mol. The fraction of sp³-hybridized carbons (Fsp3) is 0.190. The third-order valence-corrected chi connectivity index (χ3v) is 4.84. The number of hydrogen-bond acceptors (Lipinski definition) is 5. The second kappa shape index (κ2) is 7.05. The van der Waals surface area contributed by atoms with Crippen LogP contribution in [0, 0.1) is 5.82 Å². The molecule has 1 N–H and O–H groups in total. The number of urea groups is 1. The quantitative estimate of drug-likeness (QED) is 0.529. The van der Waals surface area contributed by atoms with Gasteiger partial charge in [0.2, 0.25) is 0 Å². The first-order valence-corrected chi connectivity index (χ1v) is 8.90. The Balaban J connectivity index is 1.41. The number of para-hydroxylation sites is 1. The maximum atomic E-state index is 13.2. The van der Waals surface area contributed by atoms with Crippen molar-refractivity contribution in [3.8, 4) is 0 Å². The average molecular weight is 396 g/mol. The number of carbonyl (C=O) groups is 3. The van der Waals surface area contributed by atoms with E-state index in [0.29, 0.717) is 16.9 Å². The van der Waals surface area contributed by atoms with Crippen molar-refractivity contribution in [3.05, 3.63) is 71.7 Å². The van der Waals surface area contributed by atoms with Crippen LogP contribution in [0.2, 0.25) is 0 Å². The molecule has 0 spiro atoms. The van der Waals surface area contributed by atoms with Gasteiger partial charge in [0.1, 0.15) is 35.9 Å². The van der Waals surface area contributed by atoms with E-state index in [0.717, 1.165) is 10.3 Å². The van der Waals surface area contributed by atoms with Gasteiger partial charge in [-0.1, -0.05) is 30.3 Å². The summed E-state index contributed by atoms with van der Waals surface area (Å²) in [5, 5.41) is 3.43. The fourth-order valence-electron chi connectivity index (χ4n) is 3.25. The lowest BCUT2D eigenvalue weighted by Gasteiger charge is -2.22. The molecule has 1 aromatic heterocycles. The van der Waals surface area contributed by atoms with Crippen molar-refractivity contribution in [2.24, 2.45) is 0 Å². The van der Waals surface area contributed by atoms with Crippen LogP contribution in [0.4, 0.5) is 9.18 Å². The molecule has 1 aliphatic heterocycles. The highest BCUT2D eigenvalue weighted by atomic mass is 19.1. The summed E-state index contributed by atoms with van der Waals surface area (Å²) in [6.45, 7) is 0.842. The Kier molecular flexibility index (Phi) is 4.54. The van der Waals surface area contributed by atoms with Gasteiger partial charge in [-0.25, -0.2) is 9.18 Å². The predicted octanol–water partition coefficient (Wildman–Crippen LogP) is 3.08. The maximum Gasteiger partial charge on any atom is 0.326 e. The molecule has 148 valence electrons. The first-order chi connectivity index (χ1) is 13.9. The molecule has 3 aromatic rings. The molecule has 1 saturated heterocycles.